The Labute approximate surface area is 298 Å². The predicted molar refractivity (Wildman–Crippen MR) is 185 cm³/mol. The number of thioether (sulfide) groups is 2. The van der Waals surface area contributed by atoms with Crippen molar-refractivity contribution in [3.8, 4) is 22.1 Å². The van der Waals surface area contributed by atoms with E-state index in [1.54, 1.807) is 30.3 Å². The van der Waals surface area contributed by atoms with Gasteiger partial charge in [0.1, 0.15) is 34.4 Å². The fraction of sp³-hybridized carbons (Fsp3) is 0.200. The highest BCUT2D eigenvalue weighted by Crippen LogP contribution is 2.42. The van der Waals surface area contributed by atoms with E-state index >= 15 is 0 Å². The summed E-state index contributed by atoms with van der Waals surface area (Å²) in [5, 5.41) is 54.9. The van der Waals surface area contributed by atoms with Gasteiger partial charge in [-0.3, -0.25) is 19.3 Å². The number of carboxylic acids is 2. The maximum atomic E-state index is 13.5. The normalized spacial score (nSPS) is 17.2. The van der Waals surface area contributed by atoms with Gasteiger partial charge in [0.05, 0.1) is 6.42 Å². The van der Waals surface area contributed by atoms with Gasteiger partial charge in [0.15, 0.2) is 26.7 Å². The summed E-state index contributed by atoms with van der Waals surface area (Å²) >= 11 is 4.81. The Bertz CT molecular complexity index is 2060. The van der Waals surface area contributed by atoms with Crippen molar-refractivity contribution in [3.63, 3.8) is 0 Å². The molecule has 2 aromatic carbocycles. The van der Waals surface area contributed by atoms with Gasteiger partial charge in [-0.1, -0.05) is 52.5 Å². The van der Waals surface area contributed by atoms with Crippen LogP contribution in [0.5, 0.6) is 11.5 Å². The van der Waals surface area contributed by atoms with Gasteiger partial charge < -0.3 is 36.3 Å². The van der Waals surface area contributed by atoms with Crippen molar-refractivity contribution in [1.29, 1.82) is 0 Å². The molecule has 0 aliphatic carbocycles. The lowest BCUT2D eigenvalue weighted by Gasteiger charge is -2.49. The van der Waals surface area contributed by atoms with Gasteiger partial charge in [-0.05, 0) is 34.9 Å². The Morgan fingerprint density at radius 1 is 1.10 bits per heavy atom. The molecular formula is C30H25N7O9S4. The van der Waals surface area contributed by atoms with Crippen LogP contribution >= 0.6 is 46.2 Å². The molecule has 6 rings (SSSR count). The van der Waals surface area contributed by atoms with Gasteiger partial charge in [-0.15, -0.1) is 33.3 Å². The molecule has 2 aliphatic rings. The van der Waals surface area contributed by atoms with Crippen molar-refractivity contribution < 1.29 is 44.4 Å². The average molecular weight is 756 g/mol. The number of phenols is 2. The Morgan fingerprint density at radius 2 is 1.88 bits per heavy atom. The topological polar surface area (TPSA) is 251 Å². The SMILES string of the molecule is Nc1nc(/C(=N/OCc2ccccc2CC(=O)O)C(=O)N[C@@H]2C(=O)N3C(C(=O)O)=C(CSc4nnc(-c5ccc(O)c(O)c5)s4)CS[C@H]23)cs1. The molecule has 2 amide bonds. The summed E-state index contributed by atoms with van der Waals surface area (Å²) in [4.78, 5) is 61.2. The molecule has 4 aromatic rings. The number of anilines is 1. The van der Waals surface area contributed by atoms with Crippen LogP contribution in [-0.2, 0) is 37.0 Å². The molecule has 0 radical (unpaired) electrons. The molecule has 20 heteroatoms. The molecule has 2 atom stereocenters. The minimum Gasteiger partial charge on any atom is -0.504 e. The molecule has 7 N–H and O–H groups in total. The minimum atomic E-state index is -1.29. The first kappa shape index (κ1) is 34.7. The summed E-state index contributed by atoms with van der Waals surface area (Å²) in [6, 6.07) is 9.92. The van der Waals surface area contributed by atoms with Crippen molar-refractivity contribution in [2.45, 2.75) is 28.8 Å². The van der Waals surface area contributed by atoms with Gasteiger partial charge in [0.2, 0.25) is 0 Å². The van der Waals surface area contributed by atoms with Crippen LogP contribution in [-0.4, -0.2) is 92.9 Å². The molecule has 1 saturated heterocycles. The number of carbonyl (C=O) groups excluding carboxylic acids is 2. The number of aromatic nitrogens is 3. The molecule has 2 aliphatic heterocycles. The average Bonchev–Trinajstić information content (AvgIpc) is 3.74. The zero-order chi connectivity index (χ0) is 35.5. The number of aliphatic carboxylic acids is 2. The number of carbonyl (C=O) groups is 4. The number of nitrogens with two attached hydrogens (primary N) is 1. The van der Waals surface area contributed by atoms with E-state index in [0.29, 0.717) is 31.6 Å². The van der Waals surface area contributed by atoms with E-state index in [1.165, 1.54) is 52.4 Å². The number of nitrogens with zero attached hydrogens (tertiary/aromatic N) is 5. The molecule has 258 valence electrons. The number of oxime groups is 1. The number of thiazole rings is 1. The van der Waals surface area contributed by atoms with E-state index in [4.69, 9.17) is 10.6 Å². The number of amides is 2. The summed E-state index contributed by atoms with van der Waals surface area (Å²) in [5.74, 6) is -3.85. The third kappa shape index (κ3) is 7.37. The Kier molecular flexibility index (Phi) is 10.2. The molecule has 50 heavy (non-hydrogen) atoms. The van der Waals surface area contributed by atoms with E-state index in [-0.39, 0.29) is 58.3 Å². The molecule has 16 nitrogen and oxygen atoms in total. The lowest BCUT2D eigenvalue weighted by atomic mass is 10.0. The van der Waals surface area contributed by atoms with E-state index in [2.05, 4.69) is 25.7 Å². The fourth-order valence-corrected chi connectivity index (χ4v) is 8.88. The summed E-state index contributed by atoms with van der Waals surface area (Å²) in [6.45, 7) is -0.152. The van der Waals surface area contributed by atoms with Gasteiger partial charge in [0, 0.05) is 22.4 Å². The maximum Gasteiger partial charge on any atom is 0.352 e. The third-order valence-corrected chi connectivity index (χ3v) is 11.6. The number of fused-ring (bicyclic) bond motifs is 1. The summed E-state index contributed by atoms with van der Waals surface area (Å²) < 4.78 is 0.527. The highest BCUT2D eigenvalue weighted by molar-refractivity contribution is 8.01. The van der Waals surface area contributed by atoms with Crippen molar-refractivity contribution in [3.05, 3.63) is 75.9 Å². The minimum absolute atomic E-state index is 0.0937. The maximum absolute atomic E-state index is 13.5. The second-order valence-electron chi connectivity index (χ2n) is 10.6. The van der Waals surface area contributed by atoms with E-state index < -0.39 is 35.2 Å². The fourth-order valence-electron chi connectivity index (χ4n) is 4.99. The summed E-state index contributed by atoms with van der Waals surface area (Å²) in [7, 11) is 0. The number of nitrogens with one attached hydrogen (secondary N) is 1. The Morgan fingerprint density at radius 3 is 2.58 bits per heavy atom. The van der Waals surface area contributed by atoms with Crippen LogP contribution in [0.25, 0.3) is 10.6 Å². The highest BCUT2D eigenvalue weighted by atomic mass is 32.2. The monoisotopic (exact) mass is 755 g/mol. The van der Waals surface area contributed by atoms with Crippen LogP contribution < -0.4 is 11.1 Å². The first-order valence-electron chi connectivity index (χ1n) is 14.4. The molecule has 1 fully saturated rings. The molecular weight excluding hydrogens is 731 g/mol. The van der Waals surface area contributed by atoms with Crippen LogP contribution in [0.15, 0.2) is 68.6 Å². The van der Waals surface area contributed by atoms with Crippen LogP contribution in [0.4, 0.5) is 5.13 Å². The number of hydrogen-bond donors (Lipinski definition) is 6. The van der Waals surface area contributed by atoms with Gasteiger partial charge >= 0.3 is 11.9 Å². The third-order valence-electron chi connectivity index (χ3n) is 7.35. The molecule has 2 aromatic heterocycles. The second kappa shape index (κ2) is 14.7. The van der Waals surface area contributed by atoms with E-state index in [9.17, 15) is 39.6 Å². The largest absolute Gasteiger partial charge is 0.504 e. The first-order chi connectivity index (χ1) is 24.0. The van der Waals surface area contributed by atoms with E-state index in [1.807, 2.05) is 0 Å². The standard InChI is InChI=1S/C30H25N7O9S4/c31-29-32-17(12-48-29)21(36-46-9-15-4-2-1-3-13(15)8-20(40)41)24(42)33-22-26(43)37-23(28(44)45)16(10-47-27(22)37)11-49-30-35-34-25(50-30)14-5-6-18(38)19(39)7-14/h1-7,12,22,27,38-39H,8-11H2,(H2,31,32)(H,33,42)(H,40,41)(H,44,45)/b36-21-/t22-,27-/m1/s1. The number of nitrogen functional groups attached to an aromatic ring is 1. The molecule has 0 bridgehead atoms. The summed E-state index contributed by atoms with van der Waals surface area (Å²) in [6.07, 6.45) is -0.234. The molecule has 0 spiro atoms. The Hall–Kier alpha value is -5.18. The lowest BCUT2D eigenvalue weighted by molar-refractivity contribution is -0.150. The first-order valence-corrected chi connectivity index (χ1v) is 18.1. The van der Waals surface area contributed by atoms with Gasteiger partial charge in [-0.2, -0.15) is 0 Å². The number of β-lactam (4-membered cyclic amide) rings is 1. The molecule has 0 unspecified atom stereocenters. The van der Waals surface area contributed by atoms with Gasteiger partial charge in [-0.25, -0.2) is 9.78 Å². The van der Waals surface area contributed by atoms with Crippen molar-refractivity contribution in [2.24, 2.45) is 5.16 Å². The van der Waals surface area contributed by atoms with Crippen LogP contribution in [0.1, 0.15) is 16.8 Å². The van der Waals surface area contributed by atoms with E-state index in [0.717, 1.165) is 16.2 Å². The molecule has 4 heterocycles. The number of carboxylic acid groups (broad SMARTS) is 2. The predicted octanol–water partition coefficient (Wildman–Crippen LogP) is 2.73. The number of benzene rings is 2. The quantitative estimate of drug-likeness (QED) is 0.0377. The van der Waals surface area contributed by atoms with Crippen LogP contribution in [0, 0.1) is 0 Å². The van der Waals surface area contributed by atoms with Crippen molar-refractivity contribution in [1.82, 2.24) is 25.4 Å². The highest BCUT2D eigenvalue weighted by Gasteiger charge is 2.54. The van der Waals surface area contributed by atoms with Crippen LogP contribution in [0.3, 0.4) is 0 Å². The smallest absolute Gasteiger partial charge is 0.352 e. The number of aromatic hydroxyl groups is 2. The number of rotatable bonds is 13. The number of phenolic OH excluding ortho intramolecular Hbond substituents is 2. The van der Waals surface area contributed by atoms with Crippen molar-refractivity contribution in [2.75, 3.05) is 17.2 Å². The van der Waals surface area contributed by atoms with Crippen LogP contribution in [0.2, 0.25) is 0 Å². The Balaban J connectivity index is 1.14. The van der Waals surface area contributed by atoms with Gasteiger partial charge in [0.25, 0.3) is 11.8 Å². The summed E-state index contributed by atoms with van der Waals surface area (Å²) in [5.41, 5.74) is 7.52. The van der Waals surface area contributed by atoms with Crippen molar-refractivity contribution >= 4 is 80.8 Å². The second-order valence-corrected chi connectivity index (χ2v) is 14.8. The number of hydrogen-bond acceptors (Lipinski definition) is 16. The lowest BCUT2D eigenvalue weighted by Crippen LogP contribution is -2.71. The zero-order valence-corrected chi connectivity index (χ0v) is 28.6. The zero-order valence-electron chi connectivity index (χ0n) is 25.4. The molecule has 0 saturated carbocycles.